The average molecular weight is 246 g/mol. The molecule has 6 nitrogen and oxygen atoms in total. The quantitative estimate of drug-likeness (QED) is 0.781. The third-order valence-corrected chi connectivity index (χ3v) is 4.73. The molecule has 1 aromatic heterocycles. The lowest BCUT2D eigenvalue weighted by Gasteiger charge is -2.22. The van der Waals surface area contributed by atoms with Crippen molar-refractivity contribution >= 4 is 10.0 Å². The summed E-state index contributed by atoms with van der Waals surface area (Å²) in [7, 11) is -1.95. The van der Waals surface area contributed by atoms with Crippen LogP contribution in [0.1, 0.15) is 25.8 Å². The van der Waals surface area contributed by atoms with Crippen LogP contribution in [0.5, 0.6) is 0 Å². The highest BCUT2D eigenvalue weighted by Crippen LogP contribution is 2.18. The van der Waals surface area contributed by atoms with Crippen LogP contribution in [0, 0.1) is 0 Å². The number of nitrogens with one attached hydrogen (secondary N) is 1. The van der Waals surface area contributed by atoms with Crippen LogP contribution in [-0.4, -0.2) is 36.0 Å². The van der Waals surface area contributed by atoms with Crippen molar-refractivity contribution in [3.8, 4) is 0 Å². The molecular formula is C9H18N4O2S. The Balaban J connectivity index is 3.12. The Hall–Kier alpha value is -0.920. The Labute approximate surface area is 95.9 Å². The molecule has 0 aliphatic heterocycles. The van der Waals surface area contributed by atoms with E-state index >= 15 is 0 Å². The third-order valence-electron chi connectivity index (χ3n) is 2.75. The van der Waals surface area contributed by atoms with Gasteiger partial charge in [-0.2, -0.15) is 9.40 Å². The minimum Gasteiger partial charge on any atom is -0.326 e. The van der Waals surface area contributed by atoms with Gasteiger partial charge in [-0.1, -0.05) is 6.92 Å². The molecule has 0 fully saturated rings. The summed E-state index contributed by atoms with van der Waals surface area (Å²) in [6, 6.07) is -0.0566. The minimum absolute atomic E-state index is 0.0566. The molecule has 0 aliphatic rings. The number of sulfonamides is 1. The van der Waals surface area contributed by atoms with Gasteiger partial charge in [0.15, 0.2) is 5.03 Å². The molecule has 7 heteroatoms. The number of nitrogens with zero attached hydrogens (tertiary/aromatic N) is 2. The Morgan fingerprint density at radius 3 is 2.75 bits per heavy atom. The summed E-state index contributed by atoms with van der Waals surface area (Å²) >= 11 is 0. The van der Waals surface area contributed by atoms with Gasteiger partial charge in [-0.15, -0.1) is 0 Å². The van der Waals surface area contributed by atoms with E-state index in [0.29, 0.717) is 5.56 Å². The van der Waals surface area contributed by atoms with Gasteiger partial charge in [0, 0.05) is 25.2 Å². The van der Waals surface area contributed by atoms with Crippen molar-refractivity contribution in [2.75, 3.05) is 7.05 Å². The highest BCUT2D eigenvalue weighted by molar-refractivity contribution is 7.89. The van der Waals surface area contributed by atoms with Gasteiger partial charge in [0.05, 0.1) is 6.20 Å². The first-order chi connectivity index (χ1) is 7.45. The Kier molecular flexibility index (Phi) is 4.06. The number of nitrogens with two attached hydrogens (primary N) is 1. The number of H-pyrrole nitrogens is 1. The molecule has 16 heavy (non-hydrogen) atoms. The monoisotopic (exact) mass is 246 g/mol. The maximum absolute atomic E-state index is 12.2. The molecule has 1 unspecified atom stereocenters. The molecule has 0 amide bonds. The van der Waals surface area contributed by atoms with Crippen molar-refractivity contribution < 1.29 is 8.42 Å². The molecule has 0 saturated heterocycles. The van der Waals surface area contributed by atoms with Crippen molar-refractivity contribution in [2.24, 2.45) is 5.73 Å². The molecule has 0 radical (unpaired) electrons. The highest BCUT2D eigenvalue weighted by Gasteiger charge is 2.28. The predicted molar refractivity (Wildman–Crippen MR) is 61.2 cm³/mol. The number of rotatable bonds is 5. The molecule has 3 N–H and O–H groups in total. The summed E-state index contributed by atoms with van der Waals surface area (Å²) in [5.41, 5.74) is 5.97. The van der Waals surface area contributed by atoms with Gasteiger partial charge in [0.25, 0.3) is 10.0 Å². The van der Waals surface area contributed by atoms with Gasteiger partial charge in [-0.25, -0.2) is 8.42 Å². The number of hydrogen-bond donors (Lipinski definition) is 2. The standard InChI is InChI=1S/C9H18N4O2S/c1-4-7(2)13(3)16(14,15)9-8(5-10)6-11-12-9/h6-7H,4-5,10H2,1-3H3,(H,11,12). The van der Waals surface area contributed by atoms with Crippen LogP contribution in [0.25, 0.3) is 0 Å². The van der Waals surface area contributed by atoms with Crippen LogP contribution >= 0.6 is 0 Å². The lowest BCUT2D eigenvalue weighted by atomic mass is 10.3. The summed E-state index contributed by atoms with van der Waals surface area (Å²) in [5, 5.41) is 6.31. The maximum atomic E-state index is 12.2. The molecule has 1 atom stereocenters. The Morgan fingerprint density at radius 1 is 1.62 bits per heavy atom. The van der Waals surface area contributed by atoms with Gasteiger partial charge < -0.3 is 5.73 Å². The average Bonchev–Trinajstić information content (AvgIpc) is 2.75. The summed E-state index contributed by atoms with van der Waals surface area (Å²) in [5.74, 6) is 0. The Bertz CT molecular complexity index is 440. The molecule has 0 bridgehead atoms. The molecule has 1 heterocycles. The summed E-state index contributed by atoms with van der Waals surface area (Å²) in [4.78, 5) is 0. The normalized spacial score (nSPS) is 14.3. The van der Waals surface area contributed by atoms with E-state index in [1.807, 2.05) is 13.8 Å². The molecule has 0 aliphatic carbocycles. The second-order valence-electron chi connectivity index (χ2n) is 3.71. The van der Waals surface area contributed by atoms with E-state index < -0.39 is 10.0 Å². The smallest absolute Gasteiger partial charge is 0.260 e. The van der Waals surface area contributed by atoms with Crippen molar-refractivity contribution in [2.45, 2.75) is 37.9 Å². The number of aromatic amines is 1. The zero-order chi connectivity index (χ0) is 12.3. The van der Waals surface area contributed by atoms with E-state index in [1.54, 1.807) is 7.05 Å². The van der Waals surface area contributed by atoms with Crippen LogP contribution in [-0.2, 0) is 16.6 Å². The van der Waals surface area contributed by atoms with E-state index in [-0.39, 0.29) is 17.6 Å². The third kappa shape index (κ3) is 2.26. The molecule has 0 saturated carbocycles. The summed E-state index contributed by atoms with van der Waals surface area (Å²) < 4.78 is 25.7. The first-order valence-electron chi connectivity index (χ1n) is 5.15. The lowest BCUT2D eigenvalue weighted by Crippen LogP contribution is -2.35. The van der Waals surface area contributed by atoms with Crippen molar-refractivity contribution in [1.29, 1.82) is 0 Å². The van der Waals surface area contributed by atoms with E-state index in [1.165, 1.54) is 10.5 Å². The molecule has 92 valence electrons. The largest absolute Gasteiger partial charge is 0.326 e. The van der Waals surface area contributed by atoms with Crippen molar-refractivity contribution in [3.05, 3.63) is 11.8 Å². The van der Waals surface area contributed by atoms with E-state index in [2.05, 4.69) is 10.2 Å². The lowest BCUT2D eigenvalue weighted by molar-refractivity contribution is 0.378. The summed E-state index contributed by atoms with van der Waals surface area (Å²) in [6.45, 7) is 3.95. The van der Waals surface area contributed by atoms with Gasteiger partial charge in [0.2, 0.25) is 0 Å². The fourth-order valence-electron chi connectivity index (χ4n) is 1.31. The first kappa shape index (κ1) is 13.1. The molecule has 0 spiro atoms. The van der Waals surface area contributed by atoms with Crippen LogP contribution < -0.4 is 5.73 Å². The van der Waals surface area contributed by atoms with Crippen LogP contribution in [0.3, 0.4) is 0 Å². The van der Waals surface area contributed by atoms with Crippen molar-refractivity contribution in [3.63, 3.8) is 0 Å². The second kappa shape index (κ2) is 4.94. The molecule has 0 aromatic carbocycles. The second-order valence-corrected chi connectivity index (χ2v) is 5.64. The molecule has 1 rings (SSSR count). The van der Waals surface area contributed by atoms with Crippen LogP contribution in [0.15, 0.2) is 11.2 Å². The molecule has 1 aromatic rings. The Morgan fingerprint density at radius 2 is 2.25 bits per heavy atom. The van der Waals surface area contributed by atoms with Crippen molar-refractivity contribution in [1.82, 2.24) is 14.5 Å². The highest BCUT2D eigenvalue weighted by atomic mass is 32.2. The predicted octanol–water partition coefficient (Wildman–Crippen LogP) is 0.287. The zero-order valence-corrected chi connectivity index (χ0v) is 10.6. The molecular weight excluding hydrogens is 228 g/mol. The fourth-order valence-corrected chi connectivity index (χ4v) is 2.85. The topological polar surface area (TPSA) is 92.1 Å². The van der Waals surface area contributed by atoms with E-state index in [9.17, 15) is 8.42 Å². The van der Waals surface area contributed by atoms with Gasteiger partial charge in [-0.3, -0.25) is 5.10 Å². The minimum atomic E-state index is -3.51. The first-order valence-corrected chi connectivity index (χ1v) is 6.59. The zero-order valence-electron chi connectivity index (χ0n) is 9.77. The maximum Gasteiger partial charge on any atom is 0.260 e. The van der Waals surface area contributed by atoms with E-state index in [0.717, 1.165) is 6.42 Å². The van der Waals surface area contributed by atoms with Gasteiger partial charge in [-0.05, 0) is 13.3 Å². The fraction of sp³-hybridized carbons (Fsp3) is 0.667. The summed E-state index contributed by atoms with van der Waals surface area (Å²) in [6.07, 6.45) is 2.19. The van der Waals surface area contributed by atoms with Gasteiger partial charge >= 0.3 is 0 Å². The van der Waals surface area contributed by atoms with Crippen LogP contribution in [0.2, 0.25) is 0 Å². The van der Waals surface area contributed by atoms with Gasteiger partial charge in [0.1, 0.15) is 0 Å². The number of hydrogen-bond acceptors (Lipinski definition) is 4. The van der Waals surface area contributed by atoms with E-state index in [4.69, 9.17) is 5.73 Å². The van der Waals surface area contributed by atoms with Crippen LogP contribution in [0.4, 0.5) is 0 Å². The SMILES string of the molecule is CCC(C)N(C)S(=O)(=O)c1[nH]ncc1CN. The number of aromatic nitrogens is 2.